The largest absolute Gasteiger partial charge is 0.573 e. The highest BCUT2D eigenvalue weighted by atomic mass is 19.4. The molecule has 0 bridgehead atoms. The monoisotopic (exact) mass is 598 g/mol. The number of rotatable bonds is 6. The van der Waals surface area contributed by atoms with E-state index in [1.807, 2.05) is 45.0 Å². The molecular formula is C29H29F3N6O5. The summed E-state index contributed by atoms with van der Waals surface area (Å²) in [6.45, 7) is 8.02. The van der Waals surface area contributed by atoms with Crippen molar-refractivity contribution in [3.05, 3.63) is 76.6 Å². The van der Waals surface area contributed by atoms with Crippen molar-refractivity contribution in [1.29, 1.82) is 0 Å². The van der Waals surface area contributed by atoms with Crippen molar-refractivity contribution in [2.75, 3.05) is 31.1 Å². The average Bonchev–Trinajstić information content (AvgIpc) is 3.44. The molecule has 0 saturated carbocycles. The maximum atomic E-state index is 12.6. The number of carbonyl (C=O) groups excluding carboxylic acids is 1. The smallest absolute Gasteiger partial charge is 0.444 e. The van der Waals surface area contributed by atoms with Gasteiger partial charge in [0.1, 0.15) is 17.0 Å². The number of hydrogen-bond acceptors (Lipinski definition) is 9. The van der Waals surface area contributed by atoms with E-state index in [-0.39, 0.29) is 41.4 Å². The molecule has 1 aliphatic heterocycles. The van der Waals surface area contributed by atoms with Crippen LogP contribution in [-0.2, 0) is 11.3 Å². The zero-order valence-electron chi connectivity index (χ0n) is 23.7. The lowest BCUT2D eigenvalue weighted by Gasteiger charge is -2.36. The van der Waals surface area contributed by atoms with Crippen molar-refractivity contribution in [2.45, 2.75) is 39.3 Å². The molecule has 226 valence electrons. The molecule has 43 heavy (non-hydrogen) atoms. The highest BCUT2D eigenvalue weighted by Crippen LogP contribution is 2.26. The van der Waals surface area contributed by atoms with Crippen molar-refractivity contribution in [2.24, 2.45) is 0 Å². The van der Waals surface area contributed by atoms with Gasteiger partial charge in [0.05, 0.1) is 6.54 Å². The Bertz CT molecular complexity index is 1640. The number of anilines is 1. The molecule has 1 saturated heterocycles. The second-order valence-corrected chi connectivity index (χ2v) is 10.8. The normalized spacial score (nSPS) is 14.1. The molecule has 0 aliphatic carbocycles. The van der Waals surface area contributed by atoms with Gasteiger partial charge in [0, 0.05) is 43.5 Å². The molecule has 1 aliphatic rings. The summed E-state index contributed by atoms with van der Waals surface area (Å²) in [5.41, 5.74) is 1.57. The molecule has 2 aromatic heterocycles. The lowest BCUT2D eigenvalue weighted by atomic mass is 10.1. The van der Waals surface area contributed by atoms with Crippen molar-refractivity contribution in [3.8, 4) is 28.7 Å². The van der Waals surface area contributed by atoms with Gasteiger partial charge in [-0.2, -0.15) is 10.1 Å². The molecule has 0 spiro atoms. The summed E-state index contributed by atoms with van der Waals surface area (Å²) in [6.07, 6.45) is -5.12. The number of carbonyl (C=O) groups is 1. The third-order valence-electron chi connectivity index (χ3n) is 6.40. The van der Waals surface area contributed by atoms with Gasteiger partial charge >= 0.3 is 12.5 Å². The SMILES string of the molecule is CC(C)(C)OC(=O)N1CCN(c2cccc(Cn3nc(-c4nc(-c5ccc(OC(F)(F)F)cc5)no4)ccc3=O)c2)CC1. The summed E-state index contributed by atoms with van der Waals surface area (Å²) in [6, 6.07) is 15.6. The Kier molecular flexibility index (Phi) is 8.11. The lowest BCUT2D eigenvalue weighted by Crippen LogP contribution is -2.50. The predicted molar refractivity (Wildman–Crippen MR) is 149 cm³/mol. The molecule has 0 radical (unpaired) electrons. The van der Waals surface area contributed by atoms with E-state index < -0.39 is 12.0 Å². The van der Waals surface area contributed by atoms with E-state index in [2.05, 4.69) is 24.9 Å². The van der Waals surface area contributed by atoms with E-state index in [0.717, 1.165) is 23.4 Å². The molecule has 4 aromatic rings. The number of nitrogens with zero attached hydrogens (tertiary/aromatic N) is 6. The van der Waals surface area contributed by atoms with Crippen molar-refractivity contribution in [3.63, 3.8) is 0 Å². The van der Waals surface area contributed by atoms with Crippen LogP contribution in [0.1, 0.15) is 26.3 Å². The van der Waals surface area contributed by atoms with E-state index in [0.29, 0.717) is 31.7 Å². The van der Waals surface area contributed by atoms with Crippen molar-refractivity contribution >= 4 is 11.8 Å². The van der Waals surface area contributed by atoms with E-state index in [1.54, 1.807) is 4.90 Å². The van der Waals surface area contributed by atoms with Crippen LogP contribution in [0.4, 0.5) is 23.7 Å². The number of piperazine rings is 1. The topological polar surface area (TPSA) is 116 Å². The number of aromatic nitrogens is 4. The molecule has 1 amide bonds. The number of amides is 1. The Labute approximate surface area is 244 Å². The Morgan fingerprint density at radius 2 is 1.70 bits per heavy atom. The van der Waals surface area contributed by atoms with E-state index in [4.69, 9.17) is 9.26 Å². The van der Waals surface area contributed by atoms with Crippen LogP contribution < -0.4 is 15.2 Å². The first kappa shape index (κ1) is 29.6. The summed E-state index contributed by atoms with van der Waals surface area (Å²) >= 11 is 0. The zero-order valence-corrected chi connectivity index (χ0v) is 23.7. The standard InChI is InChI=1S/C29H29F3N6O5/c1-28(2,3)42-27(40)37-15-13-36(14-16-37)21-6-4-5-19(17-21)18-38-24(39)12-11-23(34-38)26-33-25(35-43-26)20-7-9-22(10-8-20)41-29(30,31)32/h4-12,17H,13-16,18H2,1-3H3. The first-order chi connectivity index (χ1) is 20.3. The number of ether oxygens (including phenoxy) is 2. The summed E-state index contributed by atoms with van der Waals surface area (Å²) in [5.74, 6) is -0.204. The van der Waals surface area contributed by atoms with Gasteiger partial charge in [0.2, 0.25) is 5.82 Å². The predicted octanol–water partition coefficient (Wildman–Crippen LogP) is 4.96. The molecule has 0 atom stereocenters. The van der Waals surface area contributed by atoms with Gasteiger partial charge in [-0.3, -0.25) is 4.79 Å². The summed E-state index contributed by atoms with van der Waals surface area (Å²) in [4.78, 5) is 33.2. The Morgan fingerprint density at radius 3 is 2.37 bits per heavy atom. The molecule has 2 aromatic carbocycles. The van der Waals surface area contributed by atoms with Gasteiger partial charge in [-0.1, -0.05) is 17.3 Å². The third-order valence-corrected chi connectivity index (χ3v) is 6.40. The zero-order chi connectivity index (χ0) is 30.8. The van der Waals surface area contributed by atoms with Crippen LogP contribution in [0, 0.1) is 0 Å². The van der Waals surface area contributed by atoms with Gasteiger partial charge in [0.25, 0.3) is 11.4 Å². The minimum Gasteiger partial charge on any atom is -0.444 e. The maximum Gasteiger partial charge on any atom is 0.573 e. The second-order valence-electron chi connectivity index (χ2n) is 10.8. The maximum absolute atomic E-state index is 12.6. The molecule has 5 rings (SSSR count). The highest BCUT2D eigenvalue weighted by molar-refractivity contribution is 5.68. The molecule has 14 heteroatoms. The molecule has 0 N–H and O–H groups in total. The van der Waals surface area contributed by atoms with Crippen LogP contribution in [0.15, 0.2) is 70.0 Å². The highest BCUT2D eigenvalue weighted by Gasteiger charge is 2.31. The first-order valence-electron chi connectivity index (χ1n) is 13.4. The van der Waals surface area contributed by atoms with Gasteiger partial charge in [-0.25, -0.2) is 9.48 Å². The Morgan fingerprint density at radius 1 is 0.977 bits per heavy atom. The average molecular weight is 599 g/mol. The van der Waals surface area contributed by atoms with Crippen LogP contribution in [0.3, 0.4) is 0 Å². The second kappa shape index (κ2) is 11.8. The third kappa shape index (κ3) is 7.70. The molecule has 1 fully saturated rings. The summed E-state index contributed by atoms with van der Waals surface area (Å²) < 4.78 is 53.2. The summed E-state index contributed by atoms with van der Waals surface area (Å²) in [7, 11) is 0. The van der Waals surface area contributed by atoms with Crippen molar-refractivity contribution < 1.29 is 32.0 Å². The number of benzene rings is 2. The van der Waals surface area contributed by atoms with Crippen molar-refractivity contribution in [1.82, 2.24) is 24.8 Å². The molecule has 11 nitrogen and oxygen atoms in total. The van der Waals surface area contributed by atoms with E-state index in [9.17, 15) is 22.8 Å². The van der Waals surface area contributed by atoms with Gasteiger partial charge < -0.3 is 23.8 Å². The van der Waals surface area contributed by atoms with Crippen LogP contribution in [0.5, 0.6) is 5.75 Å². The Balaban J connectivity index is 1.26. The number of halogens is 3. The van der Waals surface area contributed by atoms with E-state index >= 15 is 0 Å². The van der Waals surface area contributed by atoms with Gasteiger partial charge in [-0.05, 0) is 68.8 Å². The van der Waals surface area contributed by atoms with Gasteiger partial charge in [-0.15, -0.1) is 13.2 Å². The van der Waals surface area contributed by atoms with E-state index in [1.165, 1.54) is 28.9 Å². The fraction of sp³-hybridized carbons (Fsp3) is 0.345. The van der Waals surface area contributed by atoms with Crippen LogP contribution in [0.2, 0.25) is 0 Å². The minimum absolute atomic E-state index is 0.0379. The van der Waals surface area contributed by atoms with Crippen LogP contribution in [-0.4, -0.2) is 69.1 Å². The molecule has 3 heterocycles. The molecule has 0 unspecified atom stereocenters. The fourth-order valence-electron chi connectivity index (χ4n) is 4.42. The summed E-state index contributed by atoms with van der Waals surface area (Å²) in [5, 5.41) is 8.28. The minimum atomic E-state index is -4.80. The first-order valence-corrected chi connectivity index (χ1v) is 13.4. The number of alkyl halides is 3. The molecular weight excluding hydrogens is 569 g/mol. The van der Waals surface area contributed by atoms with Crippen LogP contribution in [0.25, 0.3) is 23.0 Å². The van der Waals surface area contributed by atoms with Crippen LogP contribution >= 0.6 is 0 Å². The quantitative estimate of drug-likeness (QED) is 0.304. The van der Waals surface area contributed by atoms with Gasteiger partial charge in [0.15, 0.2) is 0 Å². The lowest BCUT2D eigenvalue weighted by molar-refractivity contribution is -0.274. The Hall–Kier alpha value is -4.88. The fourth-order valence-corrected chi connectivity index (χ4v) is 4.42. The number of hydrogen-bond donors (Lipinski definition) is 0.